The van der Waals surface area contributed by atoms with E-state index in [2.05, 4.69) is 15.8 Å². The molecule has 0 aliphatic rings. The summed E-state index contributed by atoms with van der Waals surface area (Å²) in [5.41, 5.74) is 10.8. The molecule has 0 saturated carbocycles. The van der Waals surface area contributed by atoms with Crippen molar-refractivity contribution in [1.29, 1.82) is 0 Å². The molecule has 40 heavy (non-hydrogen) atoms. The molecule has 4 N–H and O–H groups in total. The Hall–Kier alpha value is -4.87. The van der Waals surface area contributed by atoms with Crippen molar-refractivity contribution in [2.24, 2.45) is 5.14 Å². The maximum absolute atomic E-state index is 14.0. The molecular formula is C29H26N8O2S. The second kappa shape index (κ2) is 9.40. The molecule has 0 saturated heterocycles. The van der Waals surface area contributed by atoms with Crippen molar-refractivity contribution in [2.45, 2.75) is 25.3 Å². The zero-order chi connectivity index (χ0) is 28.2. The minimum atomic E-state index is -2.95. The van der Waals surface area contributed by atoms with E-state index >= 15 is 0 Å². The number of fused-ring (bicyclic) bond motifs is 2. The number of nitrogens with zero attached hydrogens (tertiary/aromatic N) is 6. The van der Waals surface area contributed by atoms with Gasteiger partial charge in [0.25, 0.3) is 5.56 Å². The molecule has 6 aromatic rings. The third kappa shape index (κ3) is 4.21. The molecule has 10 nitrogen and oxygen atoms in total. The fraction of sp³-hybridized carbons (Fsp3) is 0.103. The summed E-state index contributed by atoms with van der Waals surface area (Å²) in [6.07, 6.45) is 1.37. The number of hydrogen-bond donors (Lipinski definition) is 2. The minimum Gasteiger partial charge on any atom is -0.383 e. The maximum Gasteiger partial charge on any atom is 0.266 e. The van der Waals surface area contributed by atoms with Crippen LogP contribution < -0.4 is 16.4 Å². The third-order valence-electron chi connectivity index (χ3n) is 6.89. The van der Waals surface area contributed by atoms with Gasteiger partial charge in [0.15, 0.2) is 5.65 Å². The van der Waals surface area contributed by atoms with Crippen LogP contribution in [0.3, 0.4) is 0 Å². The van der Waals surface area contributed by atoms with E-state index in [-0.39, 0.29) is 17.9 Å². The van der Waals surface area contributed by atoms with Crippen molar-refractivity contribution in [1.82, 2.24) is 29.3 Å². The number of nitrogen functional groups attached to an aromatic ring is 1. The summed E-state index contributed by atoms with van der Waals surface area (Å²) in [5.74, 6) is 4.30. The smallest absolute Gasteiger partial charge is 0.266 e. The first-order chi connectivity index (χ1) is 19.1. The first-order valence-electron chi connectivity index (χ1n) is 12.4. The van der Waals surface area contributed by atoms with Gasteiger partial charge in [-0.15, -0.1) is 0 Å². The molecule has 3 heterocycles. The van der Waals surface area contributed by atoms with Crippen LogP contribution in [0.2, 0.25) is 0 Å². The highest BCUT2D eigenvalue weighted by atomic mass is 32.2. The molecule has 1 unspecified atom stereocenters. The monoisotopic (exact) mass is 550 g/mol. The molecule has 1 atom stereocenters. The van der Waals surface area contributed by atoms with E-state index in [1.165, 1.54) is 6.33 Å². The molecule has 200 valence electrons. The largest absolute Gasteiger partial charge is 0.383 e. The van der Waals surface area contributed by atoms with E-state index in [4.69, 9.17) is 21.0 Å². The van der Waals surface area contributed by atoms with Crippen molar-refractivity contribution < 1.29 is 4.21 Å². The van der Waals surface area contributed by atoms with Gasteiger partial charge in [-0.25, -0.2) is 23.8 Å². The van der Waals surface area contributed by atoms with Crippen LogP contribution in [-0.4, -0.2) is 39.4 Å². The summed E-state index contributed by atoms with van der Waals surface area (Å²) in [6.45, 7) is 3.97. The lowest BCUT2D eigenvalue weighted by Gasteiger charge is -2.16. The highest BCUT2D eigenvalue weighted by Gasteiger charge is 2.21. The number of hydrogen-bond acceptors (Lipinski definition) is 7. The number of benzene rings is 3. The molecule has 0 fully saturated rings. The summed E-state index contributed by atoms with van der Waals surface area (Å²) < 4.78 is 15.7. The Balaban J connectivity index is 1.61. The quantitative estimate of drug-likeness (QED) is 0.313. The molecule has 0 aliphatic carbocycles. The Kier molecular flexibility index (Phi) is 5.97. The van der Waals surface area contributed by atoms with Crippen molar-refractivity contribution in [3.63, 3.8) is 0 Å². The fourth-order valence-electron chi connectivity index (χ4n) is 4.95. The van der Waals surface area contributed by atoms with E-state index in [9.17, 15) is 9.00 Å². The lowest BCUT2D eigenvalue weighted by molar-refractivity contribution is 0.650. The number of para-hydroxylation sites is 1. The van der Waals surface area contributed by atoms with Crippen LogP contribution in [0.25, 0.3) is 38.9 Å². The molecule has 3 aromatic heterocycles. The van der Waals surface area contributed by atoms with Crippen LogP contribution in [-0.2, 0) is 16.3 Å². The standard InChI is InChI=1S/C29H26N8O2S/c1-17-8-4-5-13-22(17)37-23(34-21-12-6-9-18(2)24(21)29(37)38)15-36-28-25(27(30)32-16-33-28)26(35-36)19-10-7-11-20(14-19)40(3,31)39/h4-14,16H,3,15H2,1-2H3,(H2,31,39)(H2,30,32,33). The van der Waals surface area contributed by atoms with E-state index in [0.717, 1.165) is 16.8 Å². The first kappa shape index (κ1) is 25.4. The lowest BCUT2D eigenvalue weighted by atomic mass is 10.1. The number of anilines is 1. The Labute approximate surface area is 230 Å². The molecule has 0 bridgehead atoms. The number of aryl methyl sites for hydroxylation is 2. The summed E-state index contributed by atoms with van der Waals surface area (Å²) in [4.78, 5) is 28.0. The molecule has 0 amide bonds. The topological polar surface area (TPSA) is 148 Å². The third-order valence-corrected chi connectivity index (χ3v) is 7.94. The van der Waals surface area contributed by atoms with Gasteiger partial charge in [-0.2, -0.15) is 5.10 Å². The molecule has 3 aromatic carbocycles. The highest BCUT2D eigenvalue weighted by Crippen LogP contribution is 2.31. The van der Waals surface area contributed by atoms with Gasteiger partial charge < -0.3 is 5.73 Å². The Morgan fingerprint density at radius 2 is 1.70 bits per heavy atom. The summed E-state index contributed by atoms with van der Waals surface area (Å²) in [7, 11) is -2.95. The summed E-state index contributed by atoms with van der Waals surface area (Å²) in [6, 6.07) is 20.2. The zero-order valence-electron chi connectivity index (χ0n) is 21.9. The van der Waals surface area contributed by atoms with Crippen molar-refractivity contribution >= 4 is 43.3 Å². The van der Waals surface area contributed by atoms with Crippen LogP contribution in [0.15, 0.2) is 82.7 Å². The van der Waals surface area contributed by atoms with Gasteiger partial charge in [-0.05, 0) is 55.1 Å². The first-order valence-corrected chi connectivity index (χ1v) is 14.2. The van der Waals surface area contributed by atoms with Crippen LogP contribution in [0, 0.1) is 13.8 Å². The van der Waals surface area contributed by atoms with Gasteiger partial charge in [-0.3, -0.25) is 14.5 Å². The molecular weight excluding hydrogens is 524 g/mol. The summed E-state index contributed by atoms with van der Waals surface area (Å²) >= 11 is 0. The summed E-state index contributed by atoms with van der Waals surface area (Å²) in [5, 5.41) is 11.7. The molecule has 0 radical (unpaired) electrons. The maximum atomic E-state index is 14.0. The minimum absolute atomic E-state index is 0.114. The van der Waals surface area contributed by atoms with Gasteiger partial charge in [0.05, 0.1) is 31.7 Å². The predicted octanol–water partition coefficient (Wildman–Crippen LogP) is 3.39. The number of aromatic nitrogens is 6. The molecule has 11 heteroatoms. The van der Waals surface area contributed by atoms with Gasteiger partial charge in [-0.1, -0.05) is 42.5 Å². The Morgan fingerprint density at radius 3 is 2.48 bits per heavy atom. The van der Waals surface area contributed by atoms with Crippen molar-refractivity contribution in [3.8, 4) is 16.9 Å². The predicted molar refractivity (Wildman–Crippen MR) is 159 cm³/mol. The average molecular weight is 551 g/mol. The van der Waals surface area contributed by atoms with Crippen LogP contribution in [0.1, 0.15) is 17.0 Å². The van der Waals surface area contributed by atoms with Gasteiger partial charge in [0.1, 0.15) is 30.2 Å². The van der Waals surface area contributed by atoms with E-state index in [1.54, 1.807) is 27.4 Å². The number of rotatable bonds is 5. The highest BCUT2D eigenvalue weighted by molar-refractivity contribution is 7.98. The fourth-order valence-corrected chi connectivity index (χ4v) is 5.58. The van der Waals surface area contributed by atoms with Crippen LogP contribution in [0.4, 0.5) is 5.82 Å². The Bertz CT molecular complexity index is 2130. The van der Waals surface area contributed by atoms with Crippen LogP contribution >= 0.6 is 0 Å². The number of nitrogens with two attached hydrogens (primary N) is 2. The molecule has 6 rings (SSSR count). The van der Waals surface area contributed by atoms with E-state index < -0.39 is 9.71 Å². The second-order valence-electron chi connectivity index (χ2n) is 9.64. The normalized spacial score (nSPS) is 13.1. The zero-order valence-corrected chi connectivity index (χ0v) is 22.7. The van der Waals surface area contributed by atoms with E-state index in [1.807, 2.05) is 62.4 Å². The van der Waals surface area contributed by atoms with E-state index in [0.29, 0.717) is 43.9 Å². The van der Waals surface area contributed by atoms with Crippen molar-refractivity contribution in [2.75, 3.05) is 5.73 Å². The Morgan fingerprint density at radius 1 is 0.950 bits per heavy atom. The lowest BCUT2D eigenvalue weighted by Crippen LogP contribution is -2.26. The van der Waals surface area contributed by atoms with Gasteiger partial charge >= 0.3 is 0 Å². The van der Waals surface area contributed by atoms with Gasteiger partial charge in [0.2, 0.25) is 0 Å². The molecule has 0 spiro atoms. The van der Waals surface area contributed by atoms with Gasteiger partial charge in [0, 0.05) is 10.5 Å². The SMILES string of the molecule is C=S(N)(=O)c1cccc(-c2nn(Cc3nc4cccc(C)c4c(=O)n3-c3ccccc3C)c3ncnc(N)c23)c1. The average Bonchev–Trinajstić information content (AvgIpc) is 3.29. The molecule has 0 aliphatic heterocycles. The van der Waals surface area contributed by atoms with Crippen LogP contribution in [0.5, 0.6) is 0 Å². The second-order valence-corrected chi connectivity index (χ2v) is 11.6. The van der Waals surface area contributed by atoms with Crippen molar-refractivity contribution in [3.05, 3.63) is 100 Å².